The summed E-state index contributed by atoms with van der Waals surface area (Å²) in [7, 11) is 1.58. The number of hydrogen-bond acceptors (Lipinski definition) is 4. The molecule has 1 saturated heterocycles. The fraction of sp³-hybridized carbons (Fsp3) is 0.526. The van der Waals surface area contributed by atoms with Gasteiger partial charge in [-0.3, -0.25) is 4.79 Å². The fourth-order valence-corrected chi connectivity index (χ4v) is 3.04. The number of nitrogens with zero attached hydrogens (tertiary/aromatic N) is 1. The van der Waals surface area contributed by atoms with Crippen LogP contribution >= 0.6 is 0 Å². The van der Waals surface area contributed by atoms with Gasteiger partial charge in [-0.2, -0.15) is 0 Å². The first-order valence-corrected chi connectivity index (χ1v) is 8.64. The van der Waals surface area contributed by atoms with Crippen LogP contribution in [-0.2, 0) is 0 Å². The van der Waals surface area contributed by atoms with Crippen LogP contribution in [0.5, 0.6) is 11.5 Å². The van der Waals surface area contributed by atoms with Crippen LogP contribution in [0, 0.1) is 0 Å². The number of methoxy groups -OCH3 is 1. The van der Waals surface area contributed by atoms with Crippen molar-refractivity contribution in [3.63, 3.8) is 0 Å². The Kier molecular flexibility index (Phi) is 7.12. The Morgan fingerprint density at radius 2 is 2.12 bits per heavy atom. The molecule has 1 N–H and O–H groups in total. The second-order valence-electron chi connectivity index (χ2n) is 5.95. The van der Waals surface area contributed by atoms with Gasteiger partial charge in [0.2, 0.25) is 0 Å². The summed E-state index contributed by atoms with van der Waals surface area (Å²) in [5, 5.41) is 3.35. The van der Waals surface area contributed by atoms with E-state index in [1.165, 1.54) is 0 Å². The Bertz CT molecular complexity index is 554. The lowest BCUT2D eigenvalue weighted by Crippen LogP contribution is -2.46. The van der Waals surface area contributed by atoms with Gasteiger partial charge in [-0.25, -0.2) is 0 Å². The smallest absolute Gasteiger partial charge is 0.254 e. The Hall–Kier alpha value is -2.01. The third kappa shape index (κ3) is 4.51. The maximum atomic E-state index is 13.0. The van der Waals surface area contributed by atoms with Crippen molar-refractivity contribution in [3.05, 3.63) is 36.4 Å². The Morgan fingerprint density at radius 3 is 2.75 bits per heavy atom. The molecule has 0 saturated carbocycles. The molecule has 0 radical (unpaired) electrons. The molecule has 0 aromatic heterocycles. The van der Waals surface area contributed by atoms with Gasteiger partial charge in [0.25, 0.3) is 5.91 Å². The molecule has 1 aromatic carbocycles. The average molecular weight is 332 g/mol. The van der Waals surface area contributed by atoms with Crippen LogP contribution in [0.2, 0.25) is 0 Å². The van der Waals surface area contributed by atoms with Gasteiger partial charge in [0, 0.05) is 18.2 Å². The first-order chi connectivity index (χ1) is 11.7. The number of ether oxygens (including phenoxy) is 2. The zero-order valence-electron chi connectivity index (χ0n) is 14.7. The molecule has 0 bridgehead atoms. The lowest BCUT2D eigenvalue weighted by molar-refractivity contribution is 0.0642. The van der Waals surface area contributed by atoms with Crippen LogP contribution in [0.15, 0.2) is 30.9 Å². The molecule has 2 rings (SSSR count). The van der Waals surface area contributed by atoms with Crippen molar-refractivity contribution in [1.29, 1.82) is 0 Å². The highest BCUT2D eigenvalue weighted by Gasteiger charge is 2.26. The minimum Gasteiger partial charge on any atom is -0.493 e. The van der Waals surface area contributed by atoms with Gasteiger partial charge in [0.1, 0.15) is 6.61 Å². The summed E-state index contributed by atoms with van der Waals surface area (Å²) in [6.07, 6.45) is 4.64. The summed E-state index contributed by atoms with van der Waals surface area (Å²) < 4.78 is 10.9. The number of rotatable bonds is 8. The molecular weight excluding hydrogens is 304 g/mol. The molecule has 132 valence electrons. The summed E-state index contributed by atoms with van der Waals surface area (Å²) in [6.45, 7) is 8.86. The molecule has 0 unspecified atom stereocenters. The zero-order chi connectivity index (χ0) is 17.4. The summed E-state index contributed by atoms with van der Waals surface area (Å²) in [5.41, 5.74) is 0.643. The third-order valence-electron chi connectivity index (χ3n) is 4.24. The lowest BCUT2D eigenvalue weighted by atomic mass is 10.0. The molecule has 5 nitrogen and oxygen atoms in total. The van der Waals surface area contributed by atoms with E-state index in [4.69, 9.17) is 9.47 Å². The van der Waals surface area contributed by atoms with Crippen LogP contribution in [0.25, 0.3) is 0 Å². The van der Waals surface area contributed by atoms with E-state index in [1.54, 1.807) is 25.3 Å². The topological polar surface area (TPSA) is 50.8 Å². The van der Waals surface area contributed by atoms with Crippen molar-refractivity contribution < 1.29 is 14.3 Å². The Morgan fingerprint density at radius 1 is 1.38 bits per heavy atom. The first-order valence-electron chi connectivity index (χ1n) is 8.64. The van der Waals surface area contributed by atoms with Crippen molar-refractivity contribution in [1.82, 2.24) is 10.2 Å². The molecule has 1 aliphatic heterocycles. The maximum Gasteiger partial charge on any atom is 0.254 e. The number of nitrogens with one attached hydrogen (secondary N) is 1. The number of carbonyl (C=O) groups excluding carboxylic acids is 1. The highest BCUT2D eigenvalue weighted by atomic mass is 16.5. The van der Waals surface area contributed by atoms with Gasteiger partial charge >= 0.3 is 0 Å². The van der Waals surface area contributed by atoms with Crippen LogP contribution in [0.3, 0.4) is 0 Å². The number of piperidine rings is 1. The van der Waals surface area contributed by atoms with E-state index in [1.807, 2.05) is 11.0 Å². The summed E-state index contributed by atoms with van der Waals surface area (Å²) >= 11 is 0. The molecule has 1 heterocycles. The monoisotopic (exact) mass is 332 g/mol. The van der Waals surface area contributed by atoms with Crippen molar-refractivity contribution in [2.24, 2.45) is 0 Å². The van der Waals surface area contributed by atoms with Gasteiger partial charge in [-0.1, -0.05) is 19.6 Å². The van der Waals surface area contributed by atoms with E-state index < -0.39 is 0 Å². The maximum absolute atomic E-state index is 13.0. The molecule has 0 atom stereocenters. The second-order valence-corrected chi connectivity index (χ2v) is 5.95. The van der Waals surface area contributed by atoms with E-state index >= 15 is 0 Å². The van der Waals surface area contributed by atoms with Crippen LogP contribution in [0.1, 0.15) is 36.5 Å². The highest BCUT2D eigenvalue weighted by Crippen LogP contribution is 2.29. The third-order valence-corrected chi connectivity index (χ3v) is 4.24. The van der Waals surface area contributed by atoms with Gasteiger partial charge in [-0.15, -0.1) is 0 Å². The van der Waals surface area contributed by atoms with Crippen LogP contribution in [-0.4, -0.2) is 50.2 Å². The molecule has 1 amide bonds. The summed E-state index contributed by atoms with van der Waals surface area (Å²) in [5.74, 6) is 1.26. The predicted molar refractivity (Wildman–Crippen MR) is 95.9 cm³/mol. The summed E-state index contributed by atoms with van der Waals surface area (Å²) in [4.78, 5) is 15.0. The molecular formula is C19H28N2O3. The quantitative estimate of drug-likeness (QED) is 0.744. The van der Waals surface area contributed by atoms with Crippen molar-refractivity contribution in [2.45, 2.75) is 32.2 Å². The van der Waals surface area contributed by atoms with Gasteiger partial charge in [-0.05, 0) is 50.6 Å². The molecule has 1 aromatic rings. The van der Waals surface area contributed by atoms with Crippen molar-refractivity contribution in [2.75, 3.05) is 33.4 Å². The van der Waals surface area contributed by atoms with Crippen molar-refractivity contribution >= 4 is 5.91 Å². The fourth-order valence-electron chi connectivity index (χ4n) is 3.04. The highest BCUT2D eigenvalue weighted by molar-refractivity contribution is 5.95. The minimum atomic E-state index is 0.0670. The van der Waals surface area contributed by atoms with Crippen LogP contribution < -0.4 is 14.8 Å². The number of carbonyl (C=O) groups is 1. The zero-order valence-corrected chi connectivity index (χ0v) is 14.7. The predicted octanol–water partition coefficient (Wildman–Crippen LogP) is 2.86. The van der Waals surface area contributed by atoms with Gasteiger partial charge in [0.05, 0.1) is 7.11 Å². The molecule has 0 aliphatic carbocycles. The minimum absolute atomic E-state index is 0.0670. The van der Waals surface area contributed by atoms with Crippen molar-refractivity contribution in [3.8, 4) is 11.5 Å². The normalized spacial score (nSPS) is 14.9. The van der Waals surface area contributed by atoms with Crippen LogP contribution in [0.4, 0.5) is 0 Å². The van der Waals surface area contributed by atoms with E-state index in [2.05, 4.69) is 18.8 Å². The molecule has 1 aliphatic rings. The lowest BCUT2D eigenvalue weighted by Gasteiger charge is -2.34. The SMILES string of the molecule is C=CCOc1ccc(C(=O)N(CCC)C2CCNCC2)cc1OC. The Balaban J connectivity index is 2.20. The standard InChI is InChI=1S/C19H28N2O3/c1-4-12-21(16-8-10-20-11-9-16)19(22)15-6-7-17(24-13-5-2)18(14-15)23-3/h5-7,14,16,20H,2,4,8-13H2,1,3H3. The largest absolute Gasteiger partial charge is 0.493 e. The Labute approximate surface area is 144 Å². The molecule has 24 heavy (non-hydrogen) atoms. The number of benzene rings is 1. The van der Waals surface area contributed by atoms with E-state index in [-0.39, 0.29) is 5.91 Å². The second kappa shape index (κ2) is 9.33. The van der Waals surface area contributed by atoms with Gasteiger partial charge in [0.15, 0.2) is 11.5 Å². The molecule has 1 fully saturated rings. The number of amides is 1. The van der Waals surface area contributed by atoms with E-state index in [9.17, 15) is 4.79 Å². The summed E-state index contributed by atoms with van der Waals surface area (Å²) in [6, 6.07) is 5.68. The first kappa shape index (κ1) is 18.3. The molecule has 5 heteroatoms. The van der Waals surface area contributed by atoms with E-state index in [0.29, 0.717) is 29.7 Å². The van der Waals surface area contributed by atoms with Gasteiger partial charge < -0.3 is 19.7 Å². The molecule has 0 spiro atoms. The average Bonchev–Trinajstić information content (AvgIpc) is 2.64. The number of hydrogen-bond donors (Lipinski definition) is 1. The van der Waals surface area contributed by atoms with E-state index in [0.717, 1.165) is 38.9 Å².